The largest absolute Gasteiger partial charge is 0.573 e. The molecule has 0 heterocycles. The van der Waals surface area contributed by atoms with Crippen molar-refractivity contribution in [2.45, 2.75) is 26.1 Å². The van der Waals surface area contributed by atoms with Gasteiger partial charge in [-0.2, -0.15) is 0 Å². The fourth-order valence-corrected chi connectivity index (χ4v) is 1.11. The standard InChI is InChI=1S/C12H12F3NO/c1-2-3-4-5-9-6-7-10(16)11(8-9)17-12(13,14)15/h6-8H,2-3,16H2,1H3. The maximum absolute atomic E-state index is 12.0. The molecule has 2 N–H and O–H groups in total. The highest BCUT2D eigenvalue weighted by molar-refractivity contribution is 5.56. The number of unbranched alkanes of at least 4 members (excludes halogenated alkanes) is 1. The Morgan fingerprint density at radius 3 is 2.65 bits per heavy atom. The molecule has 17 heavy (non-hydrogen) atoms. The molecule has 1 rings (SSSR count). The molecule has 1 aromatic carbocycles. The number of ether oxygens (including phenoxy) is 1. The van der Waals surface area contributed by atoms with Crippen LogP contribution in [0.4, 0.5) is 18.9 Å². The van der Waals surface area contributed by atoms with Gasteiger partial charge in [0.05, 0.1) is 5.69 Å². The molecule has 0 aliphatic heterocycles. The Kier molecular flexibility index (Phi) is 4.27. The van der Waals surface area contributed by atoms with Crippen molar-refractivity contribution in [3.05, 3.63) is 23.8 Å². The van der Waals surface area contributed by atoms with Crippen LogP contribution < -0.4 is 10.5 Å². The van der Waals surface area contributed by atoms with Gasteiger partial charge in [0.1, 0.15) is 0 Å². The molecule has 0 aromatic heterocycles. The lowest BCUT2D eigenvalue weighted by molar-refractivity contribution is -0.274. The van der Waals surface area contributed by atoms with Crippen molar-refractivity contribution >= 4 is 5.69 Å². The summed E-state index contributed by atoms with van der Waals surface area (Å²) in [4.78, 5) is 0. The van der Waals surface area contributed by atoms with Gasteiger partial charge in [0, 0.05) is 12.0 Å². The molecule has 5 heteroatoms. The van der Waals surface area contributed by atoms with E-state index in [1.807, 2.05) is 6.92 Å². The fourth-order valence-electron chi connectivity index (χ4n) is 1.11. The average molecular weight is 243 g/mol. The van der Waals surface area contributed by atoms with Crippen molar-refractivity contribution < 1.29 is 17.9 Å². The van der Waals surface area contributed by atoms with Crippen LogP contribution in [0.5, 0.6) is 5.75 Å². The highest BCUT2D eigenvalue weighted by Gasteiger charge is 2.31. The molecule has 0 bridgehead atoms. The summed E-state index contributed by atoms with van der Waals surface area (Å²) < 4.78 is 39.9. The highest BCUT2D eigenvalue weighted by Crippen LogP contribution is 2.28. The van der Waals surface area contributed by atoms with Gasteiger partial charge in [0.25, 0.3) is 0 Å². The van der Waals surface area contributed by atoms with Crippen LogP contribution >= 0.6 is 0 Å². The predicted molar refractivity (Wildman–Crippen MR) is 59.3 cm³/mol. The lowest BCUT2D eigenvalue weighted by Gasteiger charge is -2.10. The van der Waals surface area contributed by atoms with Gasteiger partial charge in [0.15, 0.2) is 5.75 Å². The van der Waals surface area contributed by atoms with E-state index in [2.05, 4.69) is 16.6 Å². The second-order valence-corrected chi connectivity index (χ2v) is 3.35. The first-order valence-electron chi connectivity index (χ1n) is 5.06. The Bertz CT molecular complexity index is 443. The molecule has 0 aliphatic rings. The molecule has 0 saturated heterocycles. The number of nitrogens with two attached hydrogens (primary N) is 1. The van der Waals surface area contributed by atoms with Crippen molar-refractivity contribution in [2.75, 3.05) is 5.73 Å². The third-order valence-electron chi connectivity index (χ3n) is 1.85. The van der Waals surface area contributed by atoms with Gasteiger partial charge in [0.2, 0.25) is 0 Å². The van der Waals surface area contributed by atoms with Crippen molar-refractivity contribution in [2.24, 2.45) is 0 Å². The van der Waals surface area contributed by atoms with E-state index in [0.717, 1.165) is 6.42 Å². The average Bonchev–Trinajstić information content (AvgIpc) is 2.21. The summed E-state index contributed by atoms with van der Waals surface area (Å²) in [6.07, 6.45) is -3.16. The van der Waals surface area contributed by atoms with Crippen LogP contribution in [0.2, 0.25) is 0 Å². The van der Waals surface area contributed by atoms with Crippen LogP contribution in [0.3, 0.4) is 0 Å². The fraction of sp³-hybridized carbons (Fsp3) is 0.333. The monoisotopic (exact) mass is 243 g/mol. The zero-order valence-corrected chi connectivity index (χ0v) is 9.27. The summed E-state index contributed by atoms with van der Waals surface area (Å²) >= 11 is 0. The number of anilines is 1. The Morgan fingerprint density at radius 2 is 2.06 bits per heavy atom. The maximum Gasteiger partial charge on any atom is 0.573 e. The van der Waals surface area contributed by atoms with E-state index in [4.69, 9.17) is 5.73 Å². The molecule has 0 amide bonds. The molecule has 0 atom stereocenters. The Morgan fingerprint density at radius 1 is 1.35 bits per heavy atom. The molecule has 1 aromatic rings. The van der Waals surface area contributed by atoms with Gasteiger partial charge >= 0.3 is 6.36 Å². The number of benzene rings is 1. The van der Waals surface area contributed by atoms with Gasteiger partial charge in [-0.05, 0) is 24.6 Å². The second kappa shape index (κ2) is 5.48. The SMILES string of the molecule is CCCC#Cc1ccc(N)c(OC(F)(F)F)c1. The summed E-state index contributed by atoms with van der Waals surface area (Å²) in [7, 11) is 0. The van der Waals surface area contributed by atoms with Crippen LogP contribution in [0.25, 0.3) is 0 Å². The first-order valence-corrected chi connectivity index (χ1v) is 5.06. The molecule has 0 aliphatic carbocycles. The van der Waals surface area contributed by atoms with Crippen molar-refractivity contribution in [3.63, 3.8) is 0 Å². The molecule has 92 valence electrons. The Labute approximate surface area is 97.6 Å². The lowest BCUT2D eigenvalue weighted by Crippen LogP contribution is -2.18. The number of hydrogen-bond acceptors (Lipinski definition) is 2. The van der Waals surface area contributed by atoms with Gasteiger partial charge < -0.3 is 10.5 Å². The van der Waals surface area contributed by atoms with Crippen LogP contribution in [0.1, 0.15) is 25.3 Å². The summed E-state index contributed by atoms with van der Waals surface area (Å²) in [5.41, 5.74) is 5.76. The van der Waals surface area contributed by atoms with E-state index in [-0.39, 0.29) is 5.69 Å². The van der Waals surface area contributed by atoms with E-state index in [9.17, 15) is 13.2 Å². The van der Waals surface area contributed by atoms with Gasteiger partial charge in [-0.3, -0.25) is 0 Å². The van der Waals surface area contributed by atoms with E-state index >= 15 is 0 Å². The molecule has 0 unspecified atom stereocenters. The minimum absolute atomic E-state index is 0.0663. The van der Waals surface area contributed by atoms with Crippen LogP contribution in [0, 0.1) is 11.8 Å². The number of hydrogen-bond donors (Lipinski definition) is 1. The Balaban J connectivity index is 2.92. The Hall–Kier alpha value is -1.83. The summed E-state index contributed by atoms with van der Waals surface area (Å²) in [6.45, 7) is 1.97. The number of alkyl halides is 3. The molecule has 0 radical (unpaired) electrons. The van der Waals surface area contributed by atoms with E-state index < -0.39 is 12.1 Å². The third-order valence-corrected chi connectivity index (χ3v) is 1.85. The minimum Gasteiger partial charge on any atom is -0.404 e. The van der Waals surface area contributed by atoms with Gasteiger partial charge in [-0.1, -0.05) is 18.8 Å². The zero-order valence-electron chi connectivity index (χ0n) is 9.27. The van der Waals surface area contributed by atoms with Gasteiger partial charge in [-0.25, -0.2) is 0 Å². The molecule has 0 spiro atoms. The van der Waals surface area contributed by atoms with Crippen molar-refractivity contribution in [1.82, 2.24) is 0 Å². The smallest absolute Gasteiger partial charge is 0.404 e. The molecule has 0 fully saturated rings. The lowest BCUT2D eigenvalue weighted by atomic mass is 10.2. The number of rotatable bonds is 2. The zero-order chi connectivity index (χ0) is 12.9. The molecular formula is C12H12F3NO. The van der Waals surface area contributed by atoms with E-state index in [1.54, 1.807) is 6.07 Å². The van der Waals surface area contributed by atoms with Crippen LogP contribution in [-0.4, -0.2) is 6.36 Å². The maximum atomic E-state index is 12.0. The van der Waals surface area contributed by atoms with Crippen LogP contribution in [-0.2, 0) is 0 Å². The van der Waals surface area contributed by atoms with E-state index in [1.165, 1.54) is 12.1 Å². The second-order valence-electron chi connectivity index (χ2n) is 3.35. The third kappa shape index (κ3) is 4.68. The summed E-state index contributed by atoms with van der Waals surface area (Å²) in [5, 5.41) is 0. The first kappa shape index (κ1) is 13.2. The summed E-state index contributed by atoms with van der Waals surface area (Å²) in [5.74, 6) is 5.16. The quantitative estimate of drug-likeness (QED) is 0.638. The number of halogens is 3. The summed E-state index contributed by atoms with van der Waals surface area (Å²) in [6, 6.07) is 4.09. The minimum atomic E-state index is -4.75. The molecular weight excluding hydrogens is 231 g/mol. The van der Waals surface area contributed by atoms with E-state index in [0.29, 0.717) is 12.0 Å². The predicted octanol–water partition coefficient (Wildman–Crippen LogP) is 3.32. The van der Waals surface area contributed by atoms with Crippen LogP contribution in [0.15, 0.2) is 18.2 Å². The highest BCUT2D eigenvalue weighted by atomic mass is 19.4. The number of nitrogen functional groups attached to an aromatic ring is 1. The molecule has 2 nitrogen and oxygen atoms in total. The molecule has 0 saturated carbocycles. The van der Waals surface area contributed by atoms with Crippen molar-refractivity contribution in [3.8, 4) is 17.6 Å². The van der Waals surface area contributed by atoms with Crippen molar-refractivity contribution in [1.29, 1.82) is 0 Å². The topological polar surface area (TPSA) is 35.2 Å². The van der Waals surface area contributed by atoms with Gasteiger partial charge in [-0.15, -0.1) is 13.2 Å². The first-order chi connectivity index (χ1) is 7.92. The normalized spacial score (nSPS) is 10.6.